The third-order valence-electron chi connectivity index (χ3n) is 3.34. The van der Waals surface area contributed by atoms with Gasteiger partial charge in [-0.3, -0.25) is 0 Å². The van der Waals surface area contributed by atoms with Crippen LogP contribution in [0.2, 0.25) is 0 Å². The molecule has 0 aromatic heterocycles. The van der Waals surface area contributed by atoms with Crippen LogP contribution in [0.3, 0.4) is 0 Å². The van der Waals surface area contributed by atoms with Gasteiger partial charge in [0.2, 0.25) is 0 Å². The topological polar surface area (TPSA) is 21.3 Å². The van der Waals surface area contributed by atoms with Gasteiger partial charge in [0.15, 0.2) is 0 Å². The minimum absolute atomic E-state index is 0.564. The van der Waals surface area contributed by atoms with Gasteiger partial charge in [-0.15, -0.1) is 0 Å². The van der Waals surface area contributed by atoms with Crippen molar-refractivity contribution in [3.05, 3.63) is 29.8 Å². The molecule has 0 aliphatic rings. The van der Waals surface area contributed by atoms with E-state index in [9.17, 15) is 0 Å². The molecule has 1 unspecified atom stereocenters. The predicted molar refractivity (Wildman–Crippen MR) is 82.9 cm³/mol. The molecule has 0 fully saturated rings. The van der Waals surface area contributed by atoms with E-state index in [1.807, 2.05) is 6.92 Å². The third kappa shape index (κ3) is 5.65. The molecule has 1 atom stereocenters. The van der Waals surface area contributed by atoms with E-state index in [0.717, 1.165) is 25.4 Å². The van der Waals surface area contributed by atoms with Gasteiger partial charge in [0.05, 0.1) is 6.61 Å². The molecular formula is C17H29NO. The molecule has 0 spiro atoms. The van der Waals surface area contributed by atoms with Crippen molar-refractivity contribution in [1.82, 2.24) is 5.32 Å². The van der Waals surface area contributed by atoms with Crippen LogP contribution in [0.25, 0.3) is 0 Å². The highest BCUT2D eigenvalue weighted by Crippen LogP contribution is 2.25. The molecule has 19 heavy (non-hydrogen) atoms. The summed E-state index contributed by atoms with van der Waals surface area (Å²) in [6.07, 6.45) is 0. The number of nitrogens with one attached hydrogen (secondary N) is 1. The summed E-state index contributed by atoms with van der Waals surface area (Å²) < 4.78 is 5.50. The lowest BCUT2D eigenvalue weighted by atomic mass is 9.88. The van der Waals surface area contributed by atoms with E-state index in [4.69, 9.17) is 4.74 Å². The normalized spacial score (nSPS) is 13.0. The van der Waals surface area contributed by atoms with E-state index in [1.165, 1.54) is 5.56 Å². The van der Waals surface area contributed by atoms with Crippen LogP contribution < -0.4 is 10.1 Å². The van der Waals surface area contributed by atoms with Gasteiger partial charge in [-0.25, -0.2) is 0 Å². The van der Waals surface area contributed by atoms with E-state index < -0.39 is 0 Å². The molecule has 0 saturated carbocycles. The molecule has 0 aliphatic carbocycles. The smallest absolute Gasteiger partial charge is 0.119 e. The van der Waals surface area contributed by atoms with Crippen molar-refractivity contribution in [2.45, 2.75) is 40.5 Å². The molecule has 0 radical (unpaired) electrons. The maximum absolute atomic E-state index is 5.50. The Balaban J connectivity index is 2.64. The van der Waals surface area contributed by atoms with Crippen molar-refractivity contribution < 1.29 is 4.74 Å². The minimum atomic E-state index is 0.564. The van der Waals surface area contributed by atoms with Crippen LogP contribution in [-0.2, 0) is 0 Å². The van der Waals surface area contributed by atoms with Crippen LogP contribution >= 0.6 is 0 Å². The molecule has 2 heteroatoms. The largest absolute Gasteiger partial charge is 0.494 e. The first-order valence-corrected chi connectivity index (χ1v) is 7.48. The van der Waals surface area contributed by atoms with Gasteiger partial charge in [-0.05, 0) is 48.9 Å². The summed E-state index contributed by atoms with van der Waals surface area (Å²) in [7, 11) is 0. The van der Waals surface area contributed by atoms with E-state index in [2.05, 4.69) is 57.3 Å². The maximum Gasteiger partial charge on any atom is 0.119 e. The molecule has 1 aromatic carbocycles. The lowest BCUT2D eigenvalue weighted by Crippen LogP contribution is -2.27. The molecule has 0 saturated heterocycles. The van der Waals surface area contributed by atoms with Crippen LogP contribution in [0.15, 0.2) is 24.3 Å². The van der Waals surface area contributed by atoms with Crippen molar-refractivity contribution in [1.29, 1.82) is 0 Å². The second-order valence-electron chi connectivity index (χ2n) is 5.90. The summed E-state index contributed by atoms with van der Waals surface area (Å²) in [4.78, 5) is 0. The number of hydrogen-bond acceptors (Lipinski definition) is 2. The van der Waals surface area contributed by atoms with Crippen LogP contribution in [0.4, 0.5) is 0 Å². The monoisotopic (exact) mass is 263 g/mol. The van der Waals surface area contributed by atoms with Crippen molar-refractivity contribution >= 4 is 0 Å². The van der Waals surface area contributed by atoms with Crippen LogP contribution in [-0.4, -0.2) is 19.7 Å². The second-order valence-corrected chi connectivity index (χ2v) is 5.90. The number of benzene rings is 1. The highest BCUT2D eigenvalue weighted by molar-refractivity contribution is 5.30. The van der Waals surface area contributed by atoms with E-state index in [-0.39, 0.29) is 0 Å². The van der Waals surface area contributed by atoms with Crippen LogP contribution in [0, 0.1) is 11.8 Å². The maximum atomic E-state index is 5.50. The number of ether oxygens (including phenoxy) is 1. The molecule has 108 valence electrons. The third-order valence-corrected chi connectivity index (χ3v) is 3.34. The first-order chi connectivity index (χ1) is 9.04. The Morgan fingerprint density at radius 2 is 1.63 bits per heavy atom. The molecule has 1 aromatic rings. The lowest BCUT2D eigenvalue weighted by Gasteiger charge is -2.23. The molecule has 0 aliphatic heterocycles. The quantitative estimate of drug-likeness (QED) is 0.763. The summed E-state index contributed by atoms with van der Waals surface area (Å²) >= 11 is 0. The van der Waals surface area contributed by atoms with Crippen molar-refractivity contribution in [3.63, 3.8) is 0 Å². The Hall–Kier alpha value is -1.02. The van der Waals surface area contributed by atoms with E-state index in [0.29, 0.717) is 17.8 Å². The molecule has 1 N–H and O–H groups in total. The summed E-state index contributed by atoms with van der Waals surface area (Å²) in [6.45, 7) is 13.9. The van der Waals surface area contributed by atoms with Gasteiger partial charge in [-0.1, -0.05) is 39.8 Å². The summed E-state index contributed by atoms with van der Waals surface area (Å²) in [5.74, 6) is 2.86. The van der Waals surface area contributed by atoms with E-state index in [1.54, 1.807) is 0 Å². The van der Waals surface area contributed by atoms with Gasteiger partial charge in [0.1, 0.15) is 5.75 Å². The van der Waals surface area contributed by atoms with Gasteiger partial charge in [0, 0.05) is 6.54 Å². The molecule has 1 rings (SSSR count). The molecule has 2 nitrogen and oxygen atoms in total. The average Bonchev–Trinajstić information content (AvgIpc) is 2.35. The van der Waals surface area contributed by atoms with Crippen molar-refractivity contribution in [2.75, 3.05) is 19.7 Å². The van der Waals surface area contributed by atoms with Gasteiger partial charge in [-0.2, -0.15) is 0 Å². The number of hydrogen-bond donors (Lipinski definition) is 1. The second kappa shape index (κ2) is 8.21. The summed E-state index contributed by atoms with van der Waals surface area (Å²) in [6, 6.07) is 8.56. The summed E-state index contributed by atoms with van der Waals surface area (Å²) in [5.41, 5.74) is 1.40. The van der Waals surface area contributed by atoms with Crippen LogP contribution in [0.1, 0.15) is 46.1 Å². The predicted octanol–water partition coefficient (Wildman–Crippen LogP) is 4.07. The van der Waals surface area contributed by atoms with E-state index >= 15 is 0 Å². The Labute approximate surface area is 118 Å². The molecular weight excluding hydrogens is 234 g/mol. The Morgan fingerprint density at radius 3 is 2.11 bits per heavy atom. The van der Waals surface area contributed by atoms with Gasteiger partial charge >= 0.3 is 0 Å². The zero-order chi connectivity index (χ0) is 14.3. The Morgan fingerprint density at radius 1 is 1.00 bits per heavy atom. The zero-order valence-electron chi connectivity index (χ0n) is 13.1. The molecule has 0 bridgehead atoms. The standard InChI is InChI=1S/C17H29NO/c1-6-19-16-9-7-15(8-10-16)17(14(4)5)12-18-11-13(2)3/h7-10,13-14,17-18H,6,11-12H2,1-5H3. The first-order valence-electron chi connectivity index (χ1n) is 7.48. The van der Waals surface area contributed by atoms with Crippen LogP contribution in [0.5, 0.6) is 5.75 Å². The SMILES string of the molecule is CCOc1ccc(C(CNCC(C)C)C(C)C)cc1. The molecule has 0 heterocycles. The van der Waals surface area contributed by atoms with Gasteiger partial charge < -0.3 is 10.1 Å². The first kappa shape index (κ1) is 16.0. The highest BCUT2D eigenvalue weighted by atomic mass is 16.5. The summed E-state index contributed by atoms with van der Waals surface area (Å²) in [5, 5.41) is 3.57. The Kier molecular flexibility index (Phi) is 6.93. The fraction of sp³-hybridized carbons (Fsp3) is 0.647. The number of rotatable bonds is 8. The van der Waals surface area contributed by atoms with Crippen molar-refractivity contribution in [3.8, 4) is 5.75 Å². The van der Waals surface area contributed by atoms with Crippen molar-refractivity contribution in [2.24, 2.45) is 11.8 Å². The lowest BCUT2D eigenvalue weighted by molar-refractivity contribution is 0.340. The fourth-order valence-corrected chi connectivity index (χ4v) is 2.24. The highest BCUT2D eigenvalue weighted by Gasteiger charge is 2.15. The fourth-order valence-electron chi connectivity index (χ4n) is 2.24. The Bertz CT molecular complexity index is 343. The minimum Gasteiger partial charge on any atom is -0.494 e. The zero-order valence-corrected chi connectivity index (χ0v) is 13.1. The average molecular weight is 263 g/mol. The van der Waals surface area contributed by atoms with Gasteiger partial charge in [0.25, 0.3) is 0 Å². The molecule has 0 amide bonds.